The second kappa shape index (κ2) is 7.09. The van der Waals surface area contributed by atoms with Crippen LogP contribution in [0.1, 0.15) is 28.3 Å². The molecule has 1 heterocycles. The van der Waals surface area contributed by atoms with E-state index in [0.717, 1.165) is 20.6 Å². The molecule has 1 atom stereocenters. The Hall–Kier alpha value is -1.33. The molecule has 0 fully saturated rings. The molecular formula is C16H18BrNO2S. The minimum Gasteiger partial charge on any atom is -0.464 e. The van der Waals surface area contributed by atoms with Gasteiger partial charge in [0, 0.05) is 19.9 Å². The Morgan fingerprint density at radius 2 is 2.14 bits per heavy atom. The van der Waals surface area contributed by atoms with Gasteiger partial charge in [0.25, 0.3) is 0 Å². The summed E-state index contributed by atoms with van der Waals surface area (Å²) >= 11 is 5.13. The highest BCUT2D eigenvalue weighted by molar-refractivity contribution is 9.10. The molecule has 0 aliphatic rings. The third-order valence-electron chi connectivity index (χ3n) is 3.05. The highest BCUT2D eigenvalue weighted by Gasteiger charge is 2.25. The van der Waals surface area contributed by atoms with Crippen molar-refractivity contribution in [3.05, 3.63) is 50.1 Å². The van der Waals surface area contributed by atoms with Crippen molar-refractivity contribution in [3.8, 4) is 0 Å². The van der Waals surface area contributed by atoms with Crippen molar-refractivity contribution in [1.82, 2.24) is 0 Å². The summed E-state index contributed by atoms with van der Waals surface area (Å²) in [6.07, 6.45) is 0. The van der Waals surface area contributed by atoms with Gasteiger partial charge in [0.2, 0.25) is 0 Å². The van der Waals surface area contributed by atoms with Crippen LogP contribution in [0, 0.1) is 13.8 Å². The molecule has 5 heteroatoms. The fourth-order valence-electron chi connectivity index (χ4n) is 2.17. The standard InChI is InChI=1S/C16H18BrNO2S/c1-4-20-16(19)15(14-8-10(2)21-11(14)3)18-13-7-5-6-12(17)9-13/h5-9,15,18H,4H2,1-3H3. The van der Waals surface area contributed by atoms with Crippen LogP contribution in [0.3, 0.4) is 0 Å². The summed E-state index contributed by atoms with van der Waals surface area (Å²) in [5.41, 5.74) is 1.86. The number of esters is 1. The monoisotopic (exact) mass is 367 g/mol. The fourth-order valence-corrected chi connectivity index (χ4v) is 3.53. The van der Waals surface area contributed by atoms with Crippen LogP contribution < -0.4 is 5.32 Å². The molecule has 0 spiro atoms. The Morgan fingerprint density at radius 1 is 1.38 bits per heavy atom. The predicted octanol–water partition coefficient (Wildman–Crippen LogP) is 4.84. The van der Waals surface area contributed by atoms with Gasteiger partial charge in [-0.2, -0.15) is 0 Å². The van der Waals surface area contributed by atoms with E-state index in [2.05, 4.69) is 21.2 Å². The Labute approximate surface area is 137 Å². The molecule has 2 aromatic rings. The summed E-state index contributed by atoms with van der Waals surface area (Å²) in [5.74, 6) is -0.252. The zero-order chi connectivity index (χ0) is 15.4. The van der Waals surface area contributed by atoms with Gasteiger partial charge in [0.15, 0.2) is 6.04 Å². The molecule has 21 heavy (non-hydrogen) atoms. The fraction of sp³-hybridized carbons (Fsp3) is 0.312. The van der Waals surface area contributed by atoms with Crippen LogP contribution >= 0.6 is 27.3 Å². The number of nitrogens with one attached hydrogen (secondary N) is 1. The number of benzene rings is 1. The van der Waals surface area contributed by atoms with E-state index in [-0.39, 0.29) is 5.97 Å². The predicted molar refractivity (Wildman–Crippen MR) is 90.9 cm³/mol. The molecule has 0 amide bonds. The van der Waals surface area contributed by atoms with E-state index in [1.807, 2.05) is 51.1 Å². The molecule has 0 saturated heterocycles. The molecule has 0 radical (unpaired) electrons. The van der Waals surface area contributed by atoms with Crippen molar-refractivity contribution >= 4 is 38.9 Å². The molecular weight excluding hydrogens is 350 g/mol. The lowest BCUT2D eigenvalue weighted by molar-refractivity contribution is -0.144. The Morgan fingerprint density at radius 3 is 2.71 bits per heavy atom. The zero-order valence-corrected chi connectivity index (χ0v) is 14.7. The van der Waals surface area contributed by atoms with Gasteiger partial charge >= 0.3 is 5.97 Å². The SMILES string of the molecule is CCOC(=O)C(Nc1cccc(Br)c1)c1cc(C)sc1C. The number of anilines is 1. The van der Waals surface area contributed by atoms with Crippen molar-refractivity contribution < 1.29 is 9.53 Å². The number of ether oxygens (including phenoxy) is 1. The Kier molecular flexibility index (Phi) is 5.42. The van der Waals surface area contributed by atoms with E-state index in [0.29, 0.717) is 6.61 Å². The van der Waals surface area contributed by atoms with E-state index in [4.69, 9.17) is 4.74 Å². The van der Waals surface area contributed by atoms with E-state index in [9.17, 15) is 4.79 Å². The van der Waals surface area contributed by atoms with Crippen LogP contribution in [0.4, 0.5) is 5.69 Å². The maximum atomic E-state index is 12.3. The smallest absolute Gasteiger partial charge is 0.333 e. The summed E-state index contributed by atoms with van der Waals surface area (Å²) < 4.78 is 6.18. The van der Waals surface area contributed by atoms with E-state index in [1.54, 1.807) is 11.3 Å². The molecule has 1 aromatic carbocycles. The quantitative estimate of drug-likeness (QED) is 0.768. The number of rotatable bonds is 5. The maximum absolute atomic E-state index is 12.3. The molecule has 0 saturated carbocycles. The van der Waals surface area contributed by atoms with Gasteiger partial charge in [-0.3, -0.25) is 0 Å². The highest BCUT2D eigenvalue weighted by atomic mass is 79.9. The lowest BCUT2D eigenvalue weighted by atomic mass is 10.1. The van der Waals surface area contributed by atoms with Crippen molar-refractivity contribution in [1.29, 1.82) is 0 Å². The average Bonchev–Trinajstić information content (AvgIpc) is 2.75. The summed E-state index contributed by atoms with van der Waals surface area (Å²) in [6.45, 7) is 6.27. The van der Waals surface area contributed by atoms with E-state index < -0.39 is 6.04 Å². The second-order valence-electron chi connectivity index (χ2n) is 4.71. The number of hydrogen-bond donors (Lipinski definition) is 1. The first-order chi connectivity index (χ1) is 10.0. The minimum absolute atomic E-state index is 0.252. The van der Waals surface area contributed by atoms with Crippen LogP contribution in [0.2, 0.25) is 0 Å². The van der Waals surface area contributed by atoms with Crippen molar-refractivity contribution in [2.45, 2.75) is 26.8 Å². The summed E-state index contributed by atoms with van der Waals surface area (Å²) in [4.78, 5) is 14.6. The Balaban J connectivity index is 2.32. The third-order valence-corrected chi connectivity index (χ3v) is 4.52. The van der Waals surface area contributed by atoms with Gasteiger partial charge < -0.3 is 10.1 Å². The largest absolute Gasteiger partial charge is 0.464 e. The van der Waals surface area contributed by atoms with Crippen molar-refractivity contribution in [2.75, 3.05) is 11.9 Å². The normalized spacial score (nSPS) is 12.0. The van der Waals surface area contributed by atoms with Gasteiger partial charge in [-0.15, -0.1) is 11.3 Å². The number of thiophene rings is 1. The van der Waals surface area contributed by atoms with Crippen LogP contribution in [-0.2, 0) is 9.53 Å². The number of carbonyl (C=O) groups is 1. The average molecular weight is 368 g/mol. The topological polar surface area (TPSA) is 38.3 Å². The van der Waals surface area contributed by atoms with Gasteiger partial charge in [0.1, 0.15) is 0 Å². The molecule has 1 unspecified atom stereocenters. The van der Waals surface area contributed by atoms with Crippen LogP contribution in [0.15, 0.2) is 34.8 Å². The van der Waals surface area contributed by atoms with Gasteiger partial charge in [-0.05, 0) is 50.6 Å². The second-order valence-corrected chi connectivity index (χ2v) is 7.08. The molecule has 3 nitrogen and oxygen atoms in total. The molecule has 0 aliphatic heterocycles. The zero-order valence-electron chi connectivity index (χ0n) is 12.3. The van der Waals surface area contributed by atoms with Gasteiger partial charge in [-0.25, -0.2) is 4.79 Å². The van der Waals surface area contributed by atoms with Crippen LogP contribution in [0.5, 0.6) is 0 Å². The molecule has 2 rings (SSSR count). The molecule has 112 valence electrons. The molecule has 1 N–H and O–H groups in total. The summed E-state index contributed by atoms with van der Waals surface area (Å²) in [6, 6.07) is 9.33. The van der Waals surface area contributed by atoms with Crippen molar-refractivity contribution in [3.63, 3.8) is 0 Å². The lowest BCUT2D eigenvalue weighted by Crippen LogP contribution is -2.23. The molecule has 0 bridgehead atoms. The van der Waals surface area contributed by atoms with Crippen molar-refractivity contribution in [2.24, 2.45) is 0 Å². The first-order valence-corrected chi connectivity index (χ1v) is 8.38. The Bertz CT molecular complexity index is 639. The number of hydrogen-bond acceptors (Lipinski definition) is 4. The van der Waals surface area contributed by atoms with Crippen LogP contribution in [-0.4, -0.2) is 12.6 Å². The summed E-state index contributed by atoms with van der Waals surface area (Å²) in [7, 11) is 0. The first-order valence-electron chi connectivity index (χ1n) is 6.77. The minimum atomic E-state index is -0.482. The highest BCUT2D eigenvalue weighted by Crippen LogP contribution is 2.30. The van der Waals surface area contributed by atoms with E-state index >= 15 is 0 Å². The van der Waals surface area contributed by atoms with Gasteiger partial charge in [0.05, 0.1) is 6.61 Å². The lowest BCUT2D eigenvalue weighted by Gasteiger charge is -2.18. The van der Waals surface area contributed by atoms with Gasteiger partial charge in [-0.1, -0.05) is 22.0 Å². The maximum Gasteiger partial charge on any atom is 0.333 e. The number of halogens is 1. The third kappa shape index (κ3) is 4.08. The first kappa shape index (κ1) is 16.0. The molecule has 0 aliphatic carbocycles. The van der Waals surface area contributed by atoms with E-state index in [1.165, 1.54) is 4.88 Å². The van der Waals surface area contributed by atoms with Crippen LogP contribution in [0.25, 0.3) is 0 Å². The summed E-state index contributed by atoms with van der Waals surface area (Å²) in [5, 5.41) is 3.28. The number of carbonyl (C=O) groups excluding carboxylic acids is 1. The number of aryl methyl sites for hydroxylation is 2. The molecule has 1 aromatic heterocycles.